The van der Waals surface area contributed by atoms with Gasteiger partial charge in [0.05, 0.1) is 24.4 Å². The van der Waals surface area contributed by atoms with Gasteiger partial charge >= 0.3 is 5.97 Å². The van der Waals surface area contributed by atoms with Crippen LogP contribution >= 0.6 is 0 Å². The topological polar surface area (TPSA) is 78.5 Å². The fraction of sp³-hybridized carbons (Fsp3) is 0.182. The lowest BCUT2D eigenvalue weighted by molar-refractivity contribution is 0.0598. The Balaban J connectivity index is 2.07. The molecule has 29 heavy (non-hydrogen) atoms. The molecule has 0 saturated heterocycles. The standard InChI is InChI=1S/C22H20N4O3/c1-14-6-7-20(27)26(11-14)21(16-5-4-8-23-10-16)17-9-19-24-15(2)12-25(19)13-18(17)22(28)29-3/h4-13,21H,1-3H3. The van der Waals surface area contributed by atoms with E-state index in [1.54, 1.807) is 45.9 Å². The van der Waals surface area contributed by atoms with E-state index in [0.29, 0.717) is 16.8 Å². The van der Waals surface area contributed by atoms with E-state index in [2.05, 4.69) is 9.97 Å². The number of aromatic nitrogens is 4. The van der Waals surface area contributed by atoms with E-state index >= 15 is 0 Å². The summed E-state index contributed by atoms with van der Waals surface area (Å²) >= 11 is 0. The van der Waals surface area contributed by atoms with Gasteiger partial charge in [-0.25, -0.2) is 9.78 Å². The van der Waals surface area contributed by atoms with Crippen molar-refractivity contribution in [2.45, 2.75) is 19.9 Å². The summed E-state index contributed by atoms with van der Waals surface area (Å²) in [6.07, 6.45) is 8.68. The number of imidazole rings is 1. The Hall–Kier alpha value is -3.74. The van der Waals surface area contributed by atoms with Crippen molar-refractivity contribution < 1.29 is 9.53 Å². The van der Waals surface area contributed by atoms with Crippen LogP contribution in [0.4, 0.5) is 0 Å². The van der Waals surface area contributed by atoms with Gasteiger partial charge in [0.15, 0.2) is 0 Å². The van der Waals surface area contributed by atoms with E-state index in [0.717, 1.165) is 16.8 Å². The summed E-state index contributed by atoms with van der Waals surface area (Å²) < 4.78 is 8.43. The van der Waals surface area contributed by atoms with Crippen LogP contribution in [0.2, 0.25) is 0 Å². The second kappa shape index (κ2) is 7.35. The molecule has 0 N–H and O–H groups in total. The van der Waals surface area contributed by atoms with Crippen molar-refractivity contribution >= 4 is 11.6 Å². The summed E-state index contributed by atoms with van der Waals surface area (Å²) in [4.78, 5) is 34.2. The SMILES string of the molecule is COC(=O)c1cn2cc(C)nc2cc1C(c1cccnc1)n1cc(C)ccc1=O. The Morgan fingerprint density at radius 2 is 1.97 bits per heavy atom. The van der Waals surface area contributed by atoms with Crippen molar-refractivity contribution in [3.63, 3.8) is 0 Å². The number of carbonyl (C=O) groups is 1. The first-order chi connectivity index (χ1) is 14.0. The van der Waals surface area contributed by atoms with E-state index in [4.69, 9.17) is 4.74 Å². The fourth-order valence-corrected chi connectivity index (χ4v) is 3.53. The molecule has 0 saturated carbocycles. The minimum absolute atomic E-state index is 0.181. The first-order valence-corrected chi connectivity index (χ1v) is 9.14. The number of methoxy groups -OCH3 is 1. The van der Waals surface area contributed by atoms with Crippen molar-refractivity contribution in [1.29, 1.82) is 0 Å². The van der Waals surface area contributed by atoms with Crippen molar-refractivity contribution in [2.24, 2.45) is 0 Å². The number of aryl methyl sites for hydroxylation is 2. The Bertz CT molecular complexity index is 1260. The lowest BCUT2D eigenvalue weighted by atomic mass is 9.96. The van der Waals surface area contributed by atoms with Crippen LogP contribution in [-0.2, 0) is 4.74 Å². The second-order valence-corrected chi connectivity index (χ2v) is 6.92. The number of nitrogens with zero attached hydrogens (tertiary/aromatic N) is 4. The molecule has 0 aliphatic heterocycles. The van der Waals surface area contributed by atoms with Gasteiger partial charge in [-0.1, -0.05) is 12.1 Å². The lowest BCUT2D eigenvalue weighted by Gasteiger charge is -2.23. The Labute approximate surface area is 167 Å². The van der Waals surface area contributed by atoms with Crippen LogP contribution in [0.1, 0.15) is 38.8 Å². The number of esters is 1. The third-order valence-corrected chi connectivity index (χ3v) is 4.81. The zero-order valence-corrected chi connectivity index (χ0v) is 16.4. The number of ether oxygens (including phenoxy) is 1. The average molecular weight is 388 g/mol. The fourth-order valence-electron chi connectivity index (χ4n) is 3.53. The van der Waals surface area contributed by atoms with Gasteiger partial charge in [0.25, 0.3) is 5.56 Å². The number of carbonyl (C=O) groups excluding carboxylic acids is 1. The summed E-state index contributed by atoms with van der Waals surface area (Å²) in [5, 5.41) is 0. The van der Waals surface area contributed by atoms with Gasteiger partial charge in [-0.2, -0.15) is 0 Å². The number of pyridine rings is 3. The summed E-state index contributed by atoms with van der Waals surface area (Å²) in [6.45, 7) is 3.80. The molecule has 0 amide bonds. The molecule has 7 heteroatoms. The van der Waals surface area contributed by atoms with Crippen molar-refractivity contribution in [2.75, 3.05) is 7.11 Å². The van der Waals surface area contributed by atoms with Crippen LogP contribution in [0.25, 0.3) is 5.65 Å². The summed E-state index contributed by atoms with van der Waals surface area (Å²) in [5.74, 6) is -0.483. The van der Waals surface area contributed by atoms with Crippen molar-refractivity contribution in [1.82, 2.24) is 18.9 Å². The molecule has 0 aromatic carbocycles. The maximum Gasteiger partial charge on any atom is 0.339 e. The van der Waals surface area contributed by atoms with E-state index in [1.165, 1.54) is 13.2 Å². The highest BCUT2D eigenvalue weighted by Gasteiger charge is 2.25. The van der Waals surface area contributed by atoms with Crippen LogP contribution in [0.15, 0.2) is 66.1 Å². The van der Waals surface area contributed by atoms with Crippen LogP contribution in [0.3, 0.4) is 0 Å². The Kier molecular flexibility index (Phi) is 4.72. The van der Waals surface area contributed by atoms with Gasteiger partial charge in [0.2, 0.25) is 0 Å². The molecule has 1 unspecified atom stereocenters. The van der Waals surface area contributed by atoms with Crippen LogP contribution in [-0.4, -0.2) is 32.0 Å². The minimum atomic E-state index is -0.563. The van der Waals surface area contributed by atoms with E-state index < -0.39 is 12.0 Å². The molecule has 0 aliphatic rings. The average Bonchev–Trinajstić information content (AvgIpc) is 3.09. The highest BCUT2D eigenvalue weighted by Crippen LogP contribution is 2.30. The molecule has 0 aliphatic carbocycles. The molecule has 4 aromatic heterocycles. The van der Waals surface area contributed by atoms with Crippen LogP contribution in [0, 0.1) is 13.8 Å². The number of fused-ring (bicyclic) bond motifs is 1. The minimum Gasteiger partial charge on any atom is -0.465 e. The second-order valence-electron chi connectivity index (χ2n) is 6.92. The van der Waals surface area contributed by atoms with Crippen molar-refractivity contribution in [3.8, 4) is 0 Å². The Morgan fingerprint density at radius 3 is 2.69 bits per heavy atom. The smallest absolute Gasteiger partial charge is 0.339 e. The molecule has 0 fully saturated rings. The normalized spacial score (nSPS) is 12.1. The maximum absolute atomic E-state index is 12.8. The third-order valence-electron chi connectivity index (χ3n) is 4.81. The number of hydrogen-bond donors (Lipinski definition) is 0. The maximum atomic E-state index is 12.8. The van der Waals surface area contributed by atoms with E-state index in [9.17, 15) is 9.59 Å². The van der Waals surface area contributed by atoms with Gasteiger partial charge in [-0.3, -0.25) is 9.78 Å². The third kappa shape index (κ3) is 3.42. The van der Waals surface area contributed by atoms with E-state index in [-0.39, 0.29) is 5.56 Å². The molecule has 0 spiro atoms. The van der Waals surface area contributed by atoms with E-state index in [1.807, 2.05) is 32.2 Å². The van der Waals surface area contributed by atoms with Crippen molar-refractivity contribution in [3.05, 3.63) is 99.6 Å². The van der Waals surface area contributed by atoms with Gasteiger partial charge in [-0.15, -0.1) is 0 Å². The monoisotopic (exact) mass is 388 g/mol. The highest BCUT2D eigenvalue weighted by molar-refractivity contribution is 5.91. The first kappa shape index (κ1) is 18.6. The summed E-state index contributed by atoms with van der Waals surface area (Å²) in [7, 11) is 1.34. The lowest BCUT2D eigenvalue weighted by Crippen LogP contribution is -2.27. The van der Waals surface area contributed by atoms with Gasteiger partial charge < -0.3 is 13.7 Å². The molecular weight excluding hydrogens is 368 g/mol. The van der Waals surface area contributed by atoms with Crippen LogP contribution in [0.5, 0.6) is 0 Å². The predicted octanol–water partition coefficient (Wildman–Crippen LogP) is 2.93. The molecular formula is C22H20N4O3. The molecule has 7 nitrogen and oxygen atoms in total. The van der Waals surface area contributed by atoms with Gasteiger partial charge in [0, 0.05) is 37.1 Å². The summed E-state index contributed by atoms with van der Waals surface area (Å²) in [5.41, 5.74) is 4.01. The molecule has 146 valence electrons. The number of hydrogen-bond acceptors (Lipinski definition) is 5. The largest absolute Gasteiger partial charge is 0.465 e. The Morgan fingerprint density at radius 1 is 1.14 bits per heavy atom. The molecule has 4 heterocycles. The van der Waals surface area contributed by atoms with Gasteiger partial charge in [-0.05, 0) is 42.7 Å². The molecule has 0 bridgehead atoms. The zero-order valence-electron chi connectivity index (χ0n) is 16.4. The first-order valence-electron chi connectivity index (χ1n) is 9.14. The summed E-state index contributed by atoms with van der Waals surface area (Å²) in [6, 6.07) is 8.24. The highest BCUT2D eigenvalue weighted by atomic mass is 16.5. The quantitative estimate of drug-likeness (QED) is 0.502. The predicted molar refractivity (Wildman–Crippen MR) is 108 cm³/mol. The molecule has 0 radical (unpaired) electrons. The van der Waals surface area contributed by atoms with Crippen LogP contribution < -0.4 is 5.56 Å². The molecule has 1 atom stereocenters. The molecule has 4 rings (SSSR count). The zero-order chi connectivity index (χ0) is 20.5. The van der Waals surface area contributed by atoms with Gasteiger partial charge in [0.1, 0.15) is 5.65 Å². The number of rotatable bonds is 4. The molecule has 4 aromatic rings.